The maximum absolute atomic E-state index is 12.6. The first-order valence-corrected chi connectivity index (χ1v) is 7.95. The molecule has 1 aliphatic rings. The summed E-state index contributed by atoms with van der Waals surface area (Å²) in [7, 11) is -2.20. The molecular weight excluding hydrogens is 294 g/mol. The lowest BCUT2D eigenvalue weighted by Gasteiger charge is -2.22. The van der Waals surface area contributed by atoms with Gasteiger partial charge < -0.3 is 16.2 Å². The normalized spacial score (nSPS) is 23.1. The molecule has 1 fully saturated rings. The molecular formula is C13H19N3O4S. The summed E-state index contributed by atoms with van der Waals surface area (Å²) in [6.45, 7) is 2.13. The second kappa shape index (κ2) is 5.19. The minimum Gasteiger partial charge on any atom is -0.506 e. The number of nitrogens with two attached hydrogens (primary N) is 1. The first-order valence-electron chi connectivity index (χ1n) is 6.51. The minimum absolute atomic E-state index is 0.00401. The van der Waals surface area contributed by atoms with E-state index in [4.69, 9.17) is 5.73 Å². The molecule has 4 N–H and O–H groups in total. The van der Waals surface area contributed by atoms with Crippen molar-refractivity contribution in [3.8, 4) is 5.75 Å². The van der Waals surface area contributed by atoms with E-state index in [9.17, 15) is 18.3 Å². The second-order valence-corrected chi connectivity index (χ2v) is 7.39. The number of nitrogen functional groups attached to an aromatic ring is 1. The van der Waals surface area contributed by atoms with E-state index >= 15 is 0 Å². The number of benzene rings is 1. The second-order valence-electron chi connectivity index (χ2n) is 5.45. The molecule has 7 nitrogen and oxygen atoms in total. The van der Waals surface area contributed by atoms with Gasteiger partial charge in [0.2, 0.25) is 15.9 Å². The highest BCUT2D eigenvalue weighted by molar-refractivity contribution is 7.89. The molecule has 8 heteroatoms. The molecule has 116 valence electrons. The van der Waals surface area contributed by atoms with Crippen LogP contribution in [0.1, 0.15) is 13.3 Å². The van der Waals surface area contributed by atoms with Gasteiger partial charge in [0, 0.05) is 20.1 Å². The molecule has 21 heavy (non-hydrogen) atoms. The summed E-state index contributed by atoms with van der Waals surface area (Å²) in [5.41, 5.74) is 4.81. The fourth-order valence-corrected chi connectivity index (χ4v) is 4.05. The number of nitrogens with zero attached hydrogens (tertiary/aromatic N) is 1. The highest BCUT2D eigenvalue weighted by Crippen LogP contribution is 2.34. The Hall–Kier alpha value is -1.80. The average molecular weight is 313 g/mol. The van der Waals surface area contributed by atoms with E-state index in [1.807, 2.05) is 0 Å². The van der Waals surface area contributed by atoms with E-state index in [0.717, 1.165) is 0 Å². The molecule has 0 aromatic heterocycles. The van der Waals surface area contributed by atoms with E-state index in [1.54, 1.807) is 6.92 Å². The largest absolute Gasteiger partial charge is 0.506 e. The number of anilines is 1. The highest BCUT2D eigenvalue weighted by Gasteiger charge is 2.44. The van der Waals surface area contributed by atoms with Gasteiger partial charge in [0.25, 0.3) is 0 Å². The van der Waals surface area contributed by atoms with Crippen LogP contribution in [0.15, 0.2) is 23.1 Å². The van der Waals surface area contributed by atoms with Crippen LogP contribution in [0.4, 0.5) is 5.69 Å². The number of nitrogens with one attached hydrogen (secondary N) is 1. The molecule has 1 heterocycles. The van der Waals surface area contributed by atoms with Crippen LogP contribution < -0.4 is 11.1 Å². The molecule has 1 aliphatic heterocycles. The van der Waals surface area contributed by atoms with Crippen LogP contribution in [0.3, 0.4) is 0 Å². The molecule has 1 atom stereocenters. The summed E-state index contributed by atoms with van der Waals surface area (Å²) < 4.78 is 26.4. The van der Waals surface area contributed by atoms with Crippen molar-refractivity contribution in [2.24, 2.45) is 5.41 Å². The lowest BCUT2D eigenvalue weighted by Crippen LogP contribution is -2.40. The lowest BCUT2D eigenvalue weighted by atomic mass is 9.89. The average Bonchev–Trinajstić information content (AvgIpc) is 2.85. The Kier molecular flexibility index (Phi) is 3.85. The molecule has 0 bridgehead atoms. The summed E-state index contributed by atoms with van der Waals surface area (Å²) in [6.07, 6.45) is 0.458. The number of hydrogen-bond donors (Lipinski definition) is 3. The monoisotopic (exact) mass is 313 g/mol. The Morgan fingerprint density at radius 2 is 2.14 bits per heavy atom. The lowest BCUT2D eigenvalue weighted by molar-refractivity contribution is -0.128. The maximum atomic E-state index is 12.6. The van der Waals surface area contributed by atoms with Crippen molar-refractivity contribution in [3.63, 3.8) is 0 Å². The van der Waals surface area contributed by atoms with Gasteiger partial charge >= 0.3 is 0 Å². The van der Waals surface area contributed by atoms with E-state index in [-0.39, 0.29) is 35.3 Å². The number of aromatic hydroxyl groups is 1. The standard InChI is InChI=1S/C13H19N3O4S/c1-13(12(18)15-2)5-6-16(8-13)21(19,20)9-3-4-11(17)10(14)7-9/h3-4,7,17H,5-6,8,14H2,1-2H3,(H,15,18). The number of rotatable bonds is 3. The van der Waals surface area contributed by atoms with Gasteiger partial charge in [0.05, 0.1) is 16.0 Å². The SMILES string of the molecule is CNC(=O)C1(C)CCN(S(=O)(=O)c2ccc(O)c(N)c2)C1. The first-order chi connectivity index (χ1) is 9.70. The molecule has 0 aliphatic carbocycles. The minimum atomic E-state index is -3.73. The summed E-state index contributed by atoms with van der Waals surface area (Å²) >= 11 is 0. The summed E-state index contributed by atoms with van der Waals surface area (Å²) in [4.78, 5) is 11.9. The number of amides is 1. The van der Waals surface area contributed by atoms with Crippen molar-refractivity contribution < 1.29 is 18.3 Å². The molecule has 1 unspecified atom stereocenters. The van der Waals surface area contributed by atoms with Crippen molar-refractivity contribution in [2.45, 2.75) is 18.2 Å². The number of phenols is 1. The fourth-order valence-electron chi connectivity index (χ4n) is 2.45. The Bertz CT molecular complexity index is 674. The van der Waals surface area contributed by atoms with Crippen LogP contribution in [0, 0.1) is 5.41 Å². The summed E-state index contributed by atoms with van der Waals surface area (Å²) in [6, 6.07) is 3.77. The van der Waals surface area contributed by atoms with Crippen LogP contribution in [-0.2, 0) is 14.8 Å². The van der Waals surface area contributed by atoms with Crippen LogP contribution in [0.2, 0.25) is 0 Å². The number of carbonyl (C=O) groups excluding carboxylic acids is 1. The third kappa shape index (κ3) is 2.68. The Balaban J connectivity index is 2.30. The highest BCUT2D eigenvalue weighted by atomic mass is 32.2. The van der Waals surface area contributed by atoms with Gasteiger partial charge in [-0.1, -0.05) is 0 Å². The van der Waals surface area contributed by atoms with Gasteiger partial charge in [-0.25, -0.2) is 8.42 Å². The van der Waals surface area contributed by atoms with Crippen LogP contribution >= 0.6 is 0 Å². The van der Waals surface area contributed by atoms with Crippen molar-refractivity contribution in [1.29, 1.82) is 0 Å². The number of sulfonamides is 1. The molecule has 2 rings (SSSR count). The van der Waals surface area contributed by atoms with E-state index < -0.39 is 15.4 Å². The Labute approximate surface area is 123 Å². The van der Waals surface area contributed by atoms with Crippen LogP contribution in [-0.4, -0.2) is 43.9 Å². The molecule has 0 radical (unpaired) electrons. The van der Waals surface area contributed by atoms with Crippen molar-refractivity contribution in [3.05, 3.63) is 18.2 Å². The topological polar surface area (TPSA) is 113 Å². The fraction of sp³-hybridized carbons (Fsp3) is 0.462. The quantitative estimate of drug-likeness (QED) is 0.542. The molecule has 1 saturated heterocycles. The molecule has 1 aromatic carbocycles. The maximum Gasteiger partial charge on any atom is 0.243 e. The molecule has 0 spiro atoms. The third-order valence-electron chi connectivity index (χ3n) is 3.85. The van der Waals surface area contributed by atoms with Crippen LogP contribution in [0.5, 0.6) is 5.75 Å². The zero-order valence-electron chi connectivity index (χ0n) is 12.0. The van der Waals surface area contributed by atoms with Crippen molar-refractivity contribution >= 4 is 21.6 Å². The van der Waals surface area contributed by atoms with Gasteiger partial charge in [0.15, 0.2) is 0 Å². The Morgan fingerprint density at radius 3 is 2.71 bits per heavy atom. The van der Waals surface area contributed by atoms with Gasteiger partial charge in [-0.05, 0) is 31.5 Å². The predicted molar refractivity (Wildman–Crippen MR) is 78.1 cm³/mol. The first kappa shape index (κ1) is 15.6. The Morgan fingerprint density at radius 1 is 1.48 bits per heavy atom. The van der Waals surface area contributed by atoms with Gasteiger partial charge in [-0.15, -0.1) is 0 Å². The number of phenolic OH excluding ortho intramolecular Hbond substituents is 1. The third-order valence-corrected chi connectivity index (χ3v) is 5.69. The molecule has 1 aromatic rings. The van der Waals surface area contributed by atoms with Crippen molar-refractivity contribution in [1.82, 2.24) is 9.62 Å². The predicted octanol–water partition coefficient (Wildman–Crippen LogP) is 0.121. The van der Waals surface area contributed by atoms with Gasteiger partial charge in [-0.3, -0.25) is 4.79 Å². The smallest absolute Gasteiger partial charge is 0.243 e. The van der Waals surface area contributed by atoms with E-state index in [2.05, 4.69) is 5.32 Å². The molecule has 0 saturated carbocycles. The van der Waals surface area contributed by atoms with E-state index in [1.165, 1.54) is 29.6 Å². The number of hydrogen-bond acceptors (Lipinski definition) is 5. The van der Waals surface area contributed by atoms with Crippen LogP contribution in [0.25, 0.3) is 0 Å². The molecule has 1 amide bonds. The van der Waals surface area contributed by atoms with Gasteiger partial charge in [-0.2, -0.15) is 4.31 Å². The zero-order valence-corrected chi connectivity index (χ0v) is 12.8. The van der Waals surface area contributed by atoms with Crippen molar-refractivity contribution in [2.75, 3.05) is 25.9 Å². The summed E-state index contributed by atoms with van der Waals surface area (Å²) in [5, 5.41) is 11.9. The number of carbonyl (C=O) groups is 1. The van der Waals surface area contributed by atoms with Gasteiger partial charge in [0.1, 0.15) is 5.75 Å². The van der Waals surface area contributed by atoms with E-state index in [0.29, 0.717) is 6.42 Å². The summed E-state index contributed by atoms with van der Waals surface area (Å²) in [5.74, 6) is -0.337. The zero-order chi connectivity index (χ0) is 15.8.